The monoisotopic (exact) mass is 255 g/mol. The summed E-state index contributed by atoms with van der Waals surface area (Å²) in [6, 6.07) is 0. The number of amides is 1. The molecule has 0 saturated heterocycles. The van der Waals surface area contributed by atoms with E-state index in [-0.39, 0.29) is 12.5 Å². The Morgan fingerprint density at radius 3 is 3.00 bits per heavy atom. The molecule has 0 aliphatic rings. The molecule has 0 unspecified atom stereocenters. The molecular formula is C11H21N5O2. The first-order valence-electron chi connectivity index (χ1n) is 6.05. The highest BCUT2D eigenvalue weighted by Gasteiger charge is 2.04. The molecule has 1 amide bonds. The van der Waals surface area contributed by atoms with Crippen LogP contribution in [0.3, 0.4) is 0 Å². The Kier molecular flexibility index (Phi) is 6.31. The van der Waals surface area contributed by atoms with E-state index in [0.29, 0.717) is 37.9 Å². The molecule has 0 spiro atoms. The van der Waals surface area contributed by atoms with Gasteiger partial charge in [0, 0.05) is 19.7 Å². The summed E-state index contributed by atoms with van der Waals surface area (Å²) in [6.07, 6.45) is 1.66. The van der Waals surface area contributed by atoms with Gasteiger partial charge in [-0.15, -0.1) is 5.10 Å². The molecule has 0 aliphatic carbocycles. The van der Waals surface area contributed by atoms with E-state index in [0.717, 1.165) is 0 Å². The summed E-state index contributed by atoms with van der Waals surface area (Å²) in [5.74, 6) is 0.391. The summed E-state index contributed by atoms with van der Waals surface area (Å²) in [5.41, 5.74) is 6.07. The molecule has 0 aliphatic heterocycles. The smallest absolute Gasteiger partial charge is 0.241 e. The van der Waals surface area contributed by atoms with Crippen LogP contribution in [0.4, 0.5) is 0 Å². The average Bonchev–Trinajstić information content (AvgIpc) is 2.76. The van der Waals surface area contributed by atoms with E-state index in [2.05, 4.69) is 29.5 Å². The largest absolute Gasteiger partial charge is 0.379 e. The molecule has 0 bridgehead atoms. The third-order valence-electron chi connectivity index (χ3n) is 2.12. The second kappa shape index (κ2) is 7.78. The molecule has 7 nitrogen and oxygen atoms in total. The summed E-state index contributed by atoms with van der Waals surface area (Å²) in [6.45, 7) is 6.37. The minimum absolute atomic E-state index is 0.114. The molecule has 1 rings (SSSR count). The molecule has 0 radical (unpaired) electrons. The molecule has 0 fully saturated rings. The Morgan fingerprint density at radius 1 is 1.61 bits per heavy atom. The lowest BCUT2D eigenvalue weighted by atomic mass is 10.2. The molecule has 3 N–H and O–H groups in total. The number of nitrogens with one attached hydrogen (secondary N) is 1. The lowest BCUT2D eigenvalue weighted by molar-refractivity contribution is -0.122. The summed E-state index contributed by atoms with van der Waals surface area (Å²) in [7, 11) is 0. The van der Waals surface area contributed by atoms with Crippen LogP contribution in [0.25, 0.3) is 0 Å². The van der Waals surface area contributed by atoms with Crippen LogP contribution in [-0.4, -0.2) is 40.7 Å². The Bertz CT molecular complexity index is 364. The van der Waals surface area contributed by atoms with Crippen molar-refractivity contribution >= 4 is 5.91 Å². The van der Waals surface area contributed by atoms with E-state index in [1.165, 1.54) is 4.68 Å². The van der Waals surface area contributed by atoms with Crippen molar-refractivity contribution in [3.8, 4) is 0 Å². The van der Waals surface area contributed by atoms with E-state index in [1.807, 2.05) is 0 Å². The van der Waals surface area contributed by atoms with Gasteiger partial charge in [-0.05, 0) is 5.92 Å². The number of aromatic nitrogens is 3. The first kappa shape index (κ1) is 14.6. The number of nitrogens with two attached hydrogens (primary N) is 1. The summed E-state index contributed by atoms with van der Waals surface area (Å²) < 4.78 is 6.82. The van der Waals surface area contributed by atoms with E-state index in [1.54, 1.807) is 6.20 Å². The molecule has 1 aromatic heterocycles. The van der Waals surface area contributed by atoms with E-state index < -0.39 is 0 Å². The Morgan fingerprint density at radius 2 is 2.39 bits per heavy atom. The molecular weight excluding hydrogens is 234 g/mol. The number of ether oxygens (including phenoxy) is 1. The molecule has 1 aromatic rings. The van der Waals surface area contributed by atoms with Gasteiger partial charge in [0.05, 0.1) is 18.5 Å². The van der Waals surface area contributed by atoms with Gasteiger partial charge in [-0.3, -0.25) is 4.79 Å². The Balaban J connectivity index is 2.13. The van der Waals surface area contributed by atoms with Crippen molar-refractivity contribution in [1.82, 2.24) is 20.3 Å². The first-order valence-corrected chi connectivity index (χ1v) is 6.05. The number of rotatable bonds is 8. The number of hydrogen-bond acceptors (Lipinski definition) is 5. The summed E-state index contributed by atoms with van der Waals surface area (Å²) >= 11 is 0. The van der Waals surface area contributed by atoms with Crippen molar-refractivity contribution in [2.45, 2.75) is 26.9 Å². The van der Waals surface area contributed by atoms with Crippen LogP contribution in [0.5, 0.6) is 0 Å². The standard InChI is InChI=1S/C11H21N5O2/c1-9(2)8-18-4-3-13-11(17)7-16-6-10(5-12)14-15-16/h6,9H,3-5,7-8,12H2,1-2H3,(H,13,17). The first-order chi connectivity index (χ1) is 8.61. The number of nitrogens with zero attached hydrogens (tertiary/aromatic N) is 3. The van der Waals surface area contributed by atoms with E-state index in [4.69, 9.17) is 10.5 Å². The lowest BCUT2D eigenvalue weighted by Gasteiger charge is -2.07. The molecule has 102 valence electrons. The average molecular weight is 255 g/mol. The summed E-state index contributed by atoms with van der Waals surface area (Å²) in [5, 5.41) is 10.3. The maximum atomic E-state index is 11.5. The highest BCUT2D eigenvalue weighted by molar-refractivity contribution is 5.75. The van der Waals surface area contributed by atoms with Gasteiger partial charge in [-0.1, -0.05) is 19.1 Å². The van der Waals surface area contributed by atoms with Crippen molar-refractivity contribution in [3.05, 3.63) is 11.9 Å². The van der Waals surface area contributed by atoms with E-state index in [9.17, 15) is 4.79 Å². The van der Waals surface area contributed by atoms with Gasteiger partial charge in [0.1, 0.15) is 6.54 Å². The van der Waals surface area contributed by atoms with Crippen molar-refractivity contribution in [3.63, 3.8) is 0 Å². The highest BCUT2D eigenvalue weighted by atomic mass is 16.5. The van der Waals surface area contributed by atoms with Gasteiger partial charge >= 0.3 is 0 Å². The third kappa shape index (κ3) is 5.74. The third-order valence-corrected chi connectivity index (χ3v) is 2.12. The zero-order valence-electron chi connectivity index (χ0n) is 10.9. The number of carbonyl (C=O) groups excluding carboxylic acids is 1. The normalized spacial score (nSPS) is 10.9. The quantitative estimate of drug-likeness (QED) is 0.612. The van der Waals surface area contributed by atoms with Crippen LogP contribution < -0.4 is 11.1 Å². The van der Waals surface area contributed by atoms with Gasteiger partial charge < -0.3 is 15.8 Å². The van der Waals surface area contributed by atoms with Crippen LogP contribution in [-0.2, 0) is 22.6 Å². The van der Waals surface area contributed by atoms with Crippen LogP contribution in [0.15, 0.2) is 6.20 Å². The second-order valence-electron chi connectivity index (χ2n) is 4.43. The van der Waals surface area contributed by atoms with Crippen LogP contribution >= 0.6 is 0 Å². The van der Waals surface area contributed by atoms with Gasteiger partial charge in [0.15, 0.2) is 0 Å². The Hall–Kier alpha value is -1.47. The van der Waals surface area contributed by atoms with Gasteiger partial charge in [0.25, 0.3) is 0 Å². The minimum atomic E-state index is -0.114. The molecule has 18 heavy (non-hydrogen) atoms. The lowest BCUT2D eigenvalue weighted by Crippen LogP contribution is -2.31. The van der Waals surface area contributed by atoms with E-state index >= 15 is 0 Å². The maximum Gasteiger partial charge on any atom is 0.241 e. The van der Waals surface area contributed by atoms with Crippen LogP contribution in [0, 0.1) is 5.92 Å². The SMILES string of the molecule is CC(C)COCCNC(=O)Cn1cc(CN)nn1. The topological polar surface area (TPSA) is 95.1 Å². The van der Waals surface area contributed by atoms with Crippen molar-refractivity contribution in [2.75, 3.05) is 19.8 Å². The van der Waals surface area contributed by atoms with Crippen molar-refractivity contribution in [2.24, 2.45) is 11.7 Å². The second-order valence-corrected chi connectivity index (χ2v) is 4.43. The van der Waals surface area contributed by atoms with Gasteiger partial charge in [0.2, 0.25) is 5.91 Å². The van der Waals surface area contributed by atoms with Crippen LogP contribution in [0.1, 0.15) is 19.5 Å². The molecule has 0 aromatic carbocycles. The zero-order chi connectivity index (χ0) is 13.4. The predicted octanol–water partition coefficient (Wildman–Crippen LogP) is -0.474. The minimum Gasteiger partial charge on any atom is -0.379 e. The van der Waals surface area contributed by atoms with Crippen molar-refractivity contribution < 1.29 is 9.53 Å². The van der Waals surface area contributed by atoms with Gasteiger partial charge in [-0.2, -0.15) is 0 Å². The van der Waals surface area contributed by atoms with Crippen molar-refractivity contribution in [1.29, 1.82) is 0 Å². The van der Waals surface area contributed by atoms with Crippen LogP contribution in [0.2, 0.25) is 0 Å². The predicted molar refractivity (Wildman–Crippen MR) is 66.6 cm³/mol. The molecule has 7 heteroatoms. The fourth-order valence-corrected chi connectivity index (χ4v) is 1.29. The fraction of sp³-hybridized carbons (Fsp3) is 0.727. The molecule has 0 atom stereocenters. The Labute approximate surface area is 107 Å². The maximum absolute atomic E-state index is 11.5. The highest BCUT2D eigenvalue weighted by Crippen LogP contribution is 1.92. The number of hydrogen-bond donors (Lipinski definition) is 2. The van der Waals surface area contributed by atoms with Gasteiger partial charge in [-0.25, -0.2) is 4.68 Å². The summed E-state index contributed by atoms with van der Waals surface area (Å²) in [4.78, 5) is 11.5. The molecule has 0 saturated carbocycles. The molecule has 1 heterocycles. The fourth-order valence-electron chi connectivity index (χ4n) is 1.29. The zero-order valence-corrected chi connectivity index (χ0v) is 10.9. The number of carbonyl (C=O) groups is 1.